The number of amides is 1. The van der Waals surface area contributed by atoms with Crippen molar-refractivity contribution in [3.63, 3.8) is 0 Å². The molecule has 0 atom stereocenters. The molecule has 4 nitrogen and oxygen atoms in total. The van der Waals surface area contributed by atoms with Gasteiger partial charge in [-0.15, -0.1) is 0 Å². The number of terminal acetylenes is 1. The highest BCUT2D eigenvalue weighted by atomic mass is 16.2. The second-order valence-corrected chi connectivity index (χ2v) is 2.61. The maximum Gasteiger partial charge on any atom is 0.240 e. The van der Waals surface area contributed by atoms with Gasteiger partial charge < -0.3 is 10.4 Å². The van der Waals surface area contributed by atoms with Crippen LogP contribution < -0.4 is 10.6 Å². The van der Waals surface area contributed by atoms with E-state index in [4.69, 9.17) is 5.11 Å². The lowest BCUT2D eigenvalue weighted by Gasteiger charge is -2.11. The third-order valence-corrected chi connectivity index (χ3v) is 1.35. The van der Waals surface area contributed by atoms with Crippen molar-refractivity contribution in [2.75, 3.05) is 6.67 Å². The Balaban J connectivity index is 0.000000292. The lowest BCUT2D eigenvalue weighted by atomic mass is 10.1. The van der Waals surface area contributed by atoms with Crippen molar-refractivity contribution in [2.24, 2.45) is 0 Å². The summed E-state index contributed by atoms with van der Waals surface area (Å²) in [7, 11) is 0. The molecule has 1 fully saturated rings. The lowest BCUT2D eigenvalue weighted by Crippen LogP contribution is -2.39. The number of hydrogen-bond donors (Lipinski definition) is 3. The zero-order chi connectivity index (χ0) is 8.91. The Morgan fingerprint density at radius 3 is 2.27 bits per heavy atom. The fourth-order valence-corrected chi connectivity index (χ4v) is 0.647. The van der Waals surface area contributed by atoms with Gasteiger partial charge in [0, 0.05) is 0 Å². The van der Waals surface area contributed by atoms with Crippen LogP contribution >= 0.6 is 0 Å². The fraction of sp³-hybridized carbons (Fsp3) is 0.571. The summed E-state index contributed by atoms with van der Waals surface area (Å²) in [6.45, 7) is 4.32. The van der Waals surface area contributed by atoms with Crippen LogP contribution in [0.4, 0.5) is 0 Å². The van der Waals surface area contributed by atoms with Crippen molar-refractivity contribution < 1.29 is 9.90 Å². The molecule has 0 spiro atoms. The Morgan fingerprint density at radius 1 is 1.73 bits per heavy atom. The molecule has 3 N–H and O–H groups in total. The summed E-state index contributed by atoms with van der Waals surface area (Å²) >= 11 is 0. The summed E-state index contributed by atoms with van der Waals surface area (Å²) in [6, 6.07) is 0. The van der Waals surface area contributed by atoms with E-state index in [2.05, 4.69) is 17.1 Å². The van der Waals surface area contributed by atoms with Crippen LogP contribution in [0.1, 0.15) is 13.8 Å². The minimum absolute atomic E-state index is 0.0810. The molecule has 0 radical (unpaired) electrons. The first-order valence-corrected chi connectivity index (χ1v) is 3.17. The quantitative estimate of drug-likeness (QED) is 0.410. The van der Waals surface area contributed by atoms with Crippen LogP contribution in [0.25, 0.3) is 0 Å². The maximum absolute atomic E-state index is 10.7. The van der Waals surface area contributed by atoms with E-state index in [1.165, 1.54) is 6.11 Å². The molecular formula is C7H12N2O2. The monoisotopic (exact) mass is 156 g/mol. The Kier molecular flexibility index (Phi) is 3.42. The summed E-state index contributed by atoms with van der Waals surface area (Å²) in [5.74, 6) is 0.0810. The van der Waals surface area contributed by atoms with E-state index in [0.29, 0.717) is 6.67 Å². The number of aliphatic hydroxyl groups excluding tert-OH is 1. The molecule has 1 aliphatic rings. The van der Waals surface area contributed by atoms with Crippen LogP contribution in [0.5, 0.6) is 0 Å². The molecule has 1 heterocycles. The van der Waals surface area contributed by atoms with Crippen molar-refractivity contribution in [1.82, 2.24) is 10.6 Å². The van der Waals surface area contributed by atoms with E-state index in [1.54, 1.807) is 0 Å². The van der Waals surface area contributed by atoms with Crippen molar-refractivity contribution in [3.8, 4) is 12.5 Å². The molecule has 0 aliphatic carbocycles. The van der Waals surface area contributed by atoms with E-state index in [9.17, 15) is 4.79 Å². The fourth-order valence-electron chi connectivity index (χ4n) is 0.647. The van der Waals surface area contributed by atoms with Crippen LogP contribution in [0.3, 0.4) is 0 Å². The number of hydrogen-bond acceptors (Lipinski definition) is 3. The minimum atomic E-state index is -0.347. The van der Waals surface area contributed by atoms with Gasteiger partial charge in [-0.25, -0.2) is 0 Å². The van der Waals surface area contributed by atoms with E-state index in [-0.39, 0.29) is 11.4 Å². The second kappa shape index (κ2) is 3.84. The highest BCUT2D eigenvalue weighted by Crippen LogP contribution is 2.04. The van der Waals surface area contributed by atoms with Gasteiger partial charge in [0.05, 0.1) is 12.2 Å². The Bertz CT molecular complexity index is 181. The molecular weight excluding hydrogens is 144 g/mol. The molecule has 0 saturated carbocycles. The van der Waals surface area contributed by atoms with E-state index < -0.39 is 0 Å². The van der Waals surface area contributed by atoms with E-state index >= 15 is 0 Å². The average molecular weight is 156 g/mol. The lowest BCUT2D eigenvalue weighted by molar-refractivity contribution is -0.123. The van der Waals surface area contributed by atoms with E-state index in [0.717, 1.165) is 0 Å². The largest absolute Gasteiger partial charge is 0.462 e. The molecule has 1 saturated heterocycles. The summed E-state index contributed by atoms with van der Waals surface area (Å²) in [5, 5.41) is 12.7. The Hall–Kier alpha value is -1.21. The zero-order valence-electron chi connectivity index (χ0n) is 6.64. The van der Waals surface area contributed by atoms with Gasteiger partial charge in [0.1, 0.15) is 6.11 Å². The Labute approximate surface area is 66.0 Å². The number of aliphatic hydroxyl groups is 1. The van der Waals surface area contributed by atoms with Gasteiger partial charge in [-0.3, -0.25) is 10.1 Å². The van der Waals surface area contributed by atoms with Crippen LogP contribution in [0, 0.1) is 12.5 Å². The smallest absolute Gasteiger partial charge is 0.240 e. The van der Waals surface area contributed by atoms with Crippen LogP contribution in [0.15, 0.2) is 0 Å². The maximum atomic E-state index is 10.7. The first-order chi connectivity index (χ1) is 5.04. The van der Waals surface area contributed by atoms with Crippen molar-refractivity contribution >= 4 is 5.91 Å². The first-order valence-electron chi connectivity index (χ1n) is 3.17. The summed E-state index contributed by atoms with van der Waals surface area (Å²) in [5.41, 5.74) is -0.347. The van der Waals surface area contributed by atoms with Gasteiger partial charge in [0.25, 0.3) is 0 Å². The van der Waals surface area contributed by atoms with E-state index in [1.807, 2.05) is 13.8 Å². The third kappa shape index (κ3) is 2.92. The zero-order valence-corrected chi connectivity index (χ0v) is 6.64. The van der Waals surface area contributed by atoms with Crippen molar-refractivity contribution in [2.45, 2.75) is 19.4 Å². The minimum Gasteiger partial charge on any atom is -0.462 e. The number of carbonyl (C=O) groups is 1. The molecule has 0 aromatic heterocycles. The number of carbonyl (C=O) groups excluding carboxylic acids is 1. The molecule has 0 bridgehead atoms. The highest BCUT2D eigenvalue weighted by Gasteiger charge is 2.31. The molecule has 62 valence electrons. The normalized spacial score (nSPS) is 19.2. The summed E-state index contributed by atoms with van der Waals surface area (Å²) in [4.78, 5) is 10.7. The van der Waals surface area contributed by atoms with Crippen molar-refractivity contribution in [1.29, 1.82) is 0 Å². The van der Waals surface area contributed by atoms with Crippen LogP contribution in [-0.4, -0.2) is 23.2 Å². The standard InChI is InChI=1S/C5H10N2O.C2H2O/c1-5(2)4(8)6-3-7-5;1-2-3/h7H,3H2,1-2H3,(H,6,8);1,3H. The first kappa shape index (κ1) is 9.79. The van der Waals surface area contributed by atoms with Gasteiger partial charge >= 0.3 is 0 Å². The molecule has 0 unspecified atom stereocenters. The highest BCUT2D eigenvalue weighted by molar-refractivity contribution is 5.87. The van der Waals surface area contributed by atoms with Gasteiger partial charge in [-0.1, -0.05) is 6.42 Å². The summed E-state index contributed by atoms with van der Waals surface area (Å²) in [6.07, 6.45) is 5.40. The van der Waals surface area contributed by atoms with Gasteiger partial charge in [0.2, 0.25) is 5.91 Å². The molecule has 1 rings (SSSR count). The average Bonchev–Trinajstić information content (AvgIpc) is 2.14. The third-order valence-electron chi connectivity index (χ3n) is 1.35. The molecule has 0 aromatic rings. The molecule has 0 aromatic carbocycles. The topological polar surface area (TPSA) is 61.4 Å². The molecule has 1 aliphatic heterocycles. The molecule has 4 heteroatoms. The summed E-state index contributed by atoms with van der Waals surface area (Å²) < 4.78 is 0. The van der Waals surface area contributed by atoms with Crippen LogP contribution in [-0.2, 0) is 4.79 Å². The predicted octanol–water partition coefficient (Wildman–Crippen LogP) is -0.609. The molecule has 1 amide bonds. The molecule has 11 heavy (non-hydrogen) atoms. The SMILES string of the molecule is C#CO.CC1(C)NCNC1=O. The second-order valence-electron chi connectivity index (χ2n) is 2.61. The van der Waals surface area contributed by atoms with Gasteiger partial charge in [-0.2, -0.15) is 0 Å². The van der Waals surface area contributed by atoms with Gasteiger partial charge in [0.15, 0.2) is 0 Å². The number of nitrogens with one attached hydrogen (secondary N) is 2. The Morgan fingerprint density at radius 2 is 2.18 bits per heavy atom. The van der Waals surface area contributed by atoms with Gasteiger partial charge in [-0.05, 0) is 13.8 Å². The van der Waals surface area contributed by atoms with Crippen molar-refractivity contribution in [3.05, 3.63) is 0 Å². The van der Waals surface area contributed by atoms with Crippen LogP contribution in [0.2, 0.25) is 0 Å². The predicted molar refractivity (Wildman–Crippen MR) is 41.0 cm³/mol. The number of rotatable bonds is 0.